The average Bonchev–Trinajstić information content (AvgIpc) is 2.26. The van der Waals surface area contributed by atoms with Crippen LogP contribution >= 0.6 is 0 Å². The lowest BCUT2D eigenvalue weighted by Gasteiger charge is -2.11. The molecule has 0 saturated carbocycles. The Balaban J connectivity index is 2.92. The largest absolute Gasteiger partial charge is 0.384 e. The van der Waals surface area contributed by atoms with E-state index in [1.54, 1.807) is 0 Å². The summed E-state index contributed by atoms with van der Waals surface area (Å²) in [5, 5.41) is 2.11. The lowest BCUT2D eigenvalue weighted by atomic mass is 9.98. The van der Waals surface area contributed by atoms with Crippen LogP contribution in [0.5, 0.6) is 0 Å². The van der Waals surface area contributed by atoms with E-state index in [9.17, 15) is 0 Å². The van der Waals surface area contributed by atoms with Gasteiger partial charge in [0.1, 0.15) is 5.82 Å². The number of terminal acetylenes is 1. The van der Waals surface area contributed by atoms with E-state index in [0.29, 0.717) is 11.7 Å². The molecule has 2 aromatic rings. The molecule has 2 nitrogen and oxygen atoms in total. The van der Waals surface area contributed by atoms with Crippen molar-refractivity contribution < 1.29 is 0 Å². The minimum absolute atomic E-state index is 0.306. The van der Waals surface area contributed by atoms with Gasteiger partial charge in [0.2, 0.25) is 0 Å². The summed E-state index contributed by atoms with van der Waals surface area (Å²) in [7, 11) is 0. The van der Waals surface area contributed by atoms with Crippen LogP contribution in [0.25, 0.3) is 10.8 Å². The van der Waals surface area contributed by atoms with Gasteiger partial charge in [-0.2, -0.15) is 0 Å². The maximum Gasteiger partial charge on any atom is 0.124 e. The van der Waals surface area contributed by atoms with Crippen LogP contribution in [0, 0.1) is 12.3 Å². The Labute approximate surface area is 95.5 Å². The Hall–Kier alpha value is -2.01. The highest BCUT2D eigenvalue weighted by molar-refractivity contribution is 5.91. The fraction of sp³-hybridized carbons (Fsp3) is 0.214. The maximum absolute atomic E-state index is 5.79. The molecule has 0 saturated heterocycles. The van der Waals surface area contributed by atoms with E-state index < -0.39 is 0 Å². The van der Waals surface area contributed by atoms with Crippen LogP contribution in [0.3, 0.4) is 0 Å². The Bertz CT molecular complexity index is 577. The average molecular weight is 210 g/mol. The number of fused-ring (bicyclic) bond motifs is 1. The molecule has 1 aromatic heterocycles. The first-order valence-corrected chi connectivity index (χ1v) is 5.29. The van der Waals surface area contributed by atoms with E-state index in [4.69, 9.17) is 12.2 Å². The third-order valence-electron chi connectivity index (χ3n) is 2.61. The summed E-state index contributed by atoms with van der Waals surface area (Å²) in [6.45, 7) is 4.18. The second-order valence-corrected chi connectivity index (χ2v) is 4.14. The van der Waals surface area contributed by atoms with Gasteiger partial charge >= 0.3 is 0 Å². The fourth-order valence-corrected chi connectivity index (χ4v) is 1.90. The molecule has 0 atom stereocenters. The molecule has 0 bridgehead atoms. The number of rotatable bonds is 1. The standard InChI is InChI=1S/C14H14N2/c1-4-10-6-5-7-11-8-12(15)16-14(9(2)3)13(10)11/h1,5-9H,2-3H3,(H2,15,16). The molecule has 0 aliphatic rings. The van der Waals surface area contributed by atoms with Crippen molar-refractivity contribution in [3.05, 3.63) is 35.5 Å². The number of hydrogen-bond donors (Lipinski definition) is 1. The number of pyridine rings is 1. The topological polar surface area (TPSA) is 38.9 Å². The normalized spacial score (nSPS) is 10.6. The molecule has 1 heterocycles. The van der Waals surface area contributed by atoms with E-state index in [1.165, 1.54) is 0 Å². The smallest absolute Gasteiger partial charge is 0.124 e. The van der Waals surface area contributed by atoms with E-state index in [1.807, 2.05) is 24.3 Å². The third-order valence-corrected chi connectivity index (χ3v) is 2.61. The van der Waals surface area contributed by atoms with Gasteiger partial charge in [0.05, 0.1) is 5.69 Å². The molecule has 0 aliphatic carbocycles. The lowest BCUT2D eigenvalue weighted by Crippen LogP contribution is -2.00. The number of aromatic nitrogens is 1. The molecule has 2 N–H and O–H groups in total. The molecule has 0 fully saturated rings. The molecule has 0 unspecified atom stereocenters. The monoisotopic (exact) mass is 210 g/mol. The van der Waals surface area contributed by atoms with E-state index in [0.717, 1.165) is 22.0 Å². The highest BCUT2D eigenvalue weighted by Gasteiger charge is 2.10. The number of nitrogens with two attached hydrogens (primary N) is 1. The highest BCUT2D eigenvalue weighted by Crippen LogP contribution is 2.27. The first-order chi connectivity index (χ1) is 7.63. The Kier molecular flexibility index (Phi) is 2.54. The molecule has 2 heteroatoms. The van der Waals surface area contributed by atoms with Crippen LogP contribution in [0.1, 0.15) is 31.0 Å². The summed E-state index contributed by atoms with van der Waals surface area (Å²) in [5.41, 5.74) is 7.65. The number of nitrogen functional groups attached to an aromatic ring is 1. The molecule has 80 valence electrons. The van der Waals surface area contributed by atoms with Crippen molar-refractivity contribution in [2.75, 3.05) is 5.73 Å². The van der Waals surface area contributed by atoms with Crippen molar-refractivity contribution in [2.45, 2.75) is 19.8 Å². The molecule has 0 amide bonds. The number of anilines is 1. The predicted octanol–water partition coefficient (Wildman–Crippen LogP) is 2.92. The Morgan fingerprint density at radius 2 is 2.12 bits per heavy atom. The van der Waals surface area contributed by atoms with Crippen molar-refractivity contribution in [3.8, 4) is 12.3 Å². The first-order valence-electron chi connectivity index (χ1n) is 5.29. The Morgan fingerprint density at radius 3 is 2.75 bits per heavy atom. The summed E-state index contributed by atoms with van der Waals surface area (Å²) in [4.78, 5) is 4.39. The van der Waals surface area contributed by atoms with Crippen LogP contribution < -0.4 is 5.73 Å². The lowest BCUT2D eigenvalue weighted by molar-refractivity contribution is 0.836. The SMILES string of the molecule is C#Cc1cccc2cc(N)nc(C(C)C)c12. The van der Waals surface area contributed by atoms with Gasteiger partial charge in [0.25, 0.3) is 0 Å². The van der Waals surface area contributed by atoms with Gasteiger partial charge in [-0.25, -0.2) is 4.98 Å². The van der Waals surface area contributed by atoms with Gasteiger partial charge in [-0.1, -0.05) is 31.9 Å². The minimum Gasteiger partial charge on any atom is -0.384 e. The summed E-state index contributed by atoms with van der Waals surface area (Å²) in [6.07, 6.45) is 5.51. The second kappa shape index (κ2) is 3.86. The maximum atomic E-state index is 5.79. The van der Waals surface area contributed by atoms with Gasteiger partial charge < -0.3 is 5.73 Å². The van der Waals surface area contributed by atoms with Gasteiger partial charge in [0, 0.05) is 10.9 Å². The van der Waals surface area contributed by atoms with Gasteiger partial charge in [-0.05, 0) is 23.4 Å². The van der Waals surface area contributed by atoms with Crippen molar-refractivity contribution >= 4 is 16.6 Å². The van der Waals surface area contributed by atoms with Crippen LogP contribution in [0.4, 0.5) is 5.82 Å². The van der Waals surface area contributed by atoms with Gasteiger partial charge in [-0.3, -0.25) is 0 Å². The summed E-state index contributed by atoms with van der Waals surface area (Å²) < 4.78 is 0. The zero-order chi connectivity index (χ0) is 11.7. The summed E-state index contributed by atoms with van der Waals surface area (Å²) in [5.74, 6) is 3.56. The van der Waals surface area contributed by atoms with Crippen molar-refractivity contribution in [3.63, 3.8) is 0 Å². The zero-order valence-electron chi connectivity index (χ0n) is 9.49. The molecule has 16 heavy (non-hydrogen) atoms. The molecule has 0 aliphatic heterocycles. The van der Waals surface area contributed by atoms with Gasteiger partial charge in [0.15, 0.2) is 0 Å². The summed E-state index contributed by atoms with van der Waals surface area (Å²) >= 11 is 0. The van der Waals surface area contributed by atoms with Crippen LogP contribution in [0.2, 0.25) is 0 Å². The van der Waals surface area contributed by atoms with Crippen molar-refractivity contribution in [1.29, 1.82) is 0 Å². The van der Waals surface area contributed by atoms with E-state index in [2.05, 4.69) is 24.8 Å². The van der Waals surface area contributed by atoms with Crippen molar-refractivity contribution in [1.82, 2.24) is 4.98 Å². The highest BCUT2D eigenvalue weighted by atomic mass is 14.8. The van der Waals surface area contributed by atoms with Crippen molar-refractivity contribution in [2.24, 2.45) is 0 Å². The Morgan fingerprint density at radius 1 is 1.38 bits per heavy atom. The molecule has 1 aromatic carbocycles. The molecule has 0 spiro atoms. The predicted molar refractivity (Wildman–Crippen MR) is 68.2 cm³/mol. The fourth-order valence-electron chi connectivity index (χ4n) is 1.90. The molecule has 2 rings (SSSR count). The number of hydrogen-bond acceptors (Lipinski definition) is 2. The molecular formula is C14H14N2. The van der Waals surface area contributed by atoms with E-state index >= 15 is 0 Å². The zero-order valence-corrected chi connectivity index (χ0v) is 9.49. The molecular weight excluding hydrogens is 196 g/mol. The third kappa shape index (κ3) is 1.61. The van der Waals surface area contributed by atoms with Crippen LogP contribution in [0.15, 0.2) is 24.3 Å². The minimum atomic E-state index is 0.306. The number of benzene rings is 1. The second-order valence-electron chi connectivity index (χ2n) is 4.14. The van der Waals surface area contributed by atoms with E-state index in [-0.39, 0.29) is 0 Å². The van der Waals surface area contributed by atoms with Crippen LogP contribution in [-0.2, 0) is 0 Å². The first kappa shape index (κ1) is 10.5. The molecule has 0 radical (unpaired) electrons. The van der Waals surface area contributed by atoms with Gasteiger partial charge in [-0.15, -0.1) is 6.42 Å². The quantitative estimate of drug-likeness (QED) is 0.735. The summed E-state index contributed by atoms with van der Waals surface area (Å²) in [6, 6.07) is 7.76. The van der Waals surface area contributed by atoms with Crippen LogP contribution in [-0.4, -0.2) is 4.98 Å². The number of nitrogens with zero attached hydrogens (tertiary/aromatic N) is 1.